The van der Waals surface area contributed by atoms with Crippen molar-refractivity contribution in [2.75, 3.05) is 5.73 Å². The molecular formula is C7H9FN2. The predicted octanol–water partition coefficient (Wildman–Crippen LogP) is 1.37. The van der Waals surface area contributed by atoms with Gasteiger partial charge in [0.2, 0.25) is 0 Å². The van der Waals surface area contributed by atoms with Gasteiger partial charge in [0, 0.05) is 6.85 Å². The van der Waals surface area contributed by atoms with E-state index in [0.29, 0.717) is 0 Å². The molecule has 0 fully saturated rings. The molecule has 0 saturated carbocycles. The fraction of sp³-hybridized carbons (Fsp3) is 0.286. The zero-order valence-corrected chi connectivity index (χ0v) is 4.90. The van der Waals surface area contributed by atoms with Crippen LogP contribution in [0, 0.1) is 5.82 Å². The van der Waals surface area contributed by atoms with E-state index >= 15 is 0 Å². The molecule has 1 aromatic rings. The summed E-state index contributed by atoms with van der Waals surface area (Å²) >= 11 is 0. The quantitative estimate of drug-likeness (QED) is 0.651. The Morgan fingerprint density at radius 3 is 3.60 bits per heavy atom. The van der Waals surface area contributed by atoms with Crippen molar-refractivity contribution in [2.45, 2.75) is 13.2 Å². The first kappa shape index (κ1) is 2.19. The Morgan fingerprint density at radius 1 is 2.10 bits per heavy atom. The minimum absolute atomic E-state index is 0.584. The Bertz CT molecular complexity index is 430. The molecule has 10 heavy (non-hydrogen) atoms. The summed E-state index contributed by atoms with van der Waals surface area (Å²) in [6, 6.07) is -0.848. The van der Waals surface area contributed by atoms with Gasteiger partial charge >= 0.3 is 0 Å². The van der Waals surface area contributed by atoms with E-state index < -0.39 is 42.6 Å². The predicted molar refractivity (Wildman–Crippen MR) is 38.0 cm³/mol. The first-order chi connectivity index (χ1) is 7.50. The third-order valence-electron chi connectivity index (χ3n) is 0.872. The zero-order chi connectivity index (χ0) is 13.6. The summed E-state index contributed by atoms with van der Waals surface area (Å²) in [6.07, 6.45) is -4.09. The van der Waals surface area contributed by atoms with Gasteiger partial charge < -0.3 is 5.73 Å². The van der Waals surface area contributed by atoms with E-state index in [1.165, 1.54) is 0 Å². The number of nitrogen functional groups attached to an aromatic ring is 1. The van der Waals surface area contributed by atoms with E-state index in [4.69, 9.17) is 15.3 Å². The lowest BCUT2D eigenvalue weighted by atomic mass is 10.2. The number of halogens is 1. The molecule has 2 N–H and O–H groups in total. The number of pyridine rings is 1. The van der Waals surface area contributed by atoms with Crippen molar-refractivity contribution in [3.05, 3.63) is 23.6 Å². The largest absolute Gasteiger partial charge is 0.384 e. The Balaban J connectivity index is 3.62. The van der Waals surface area contributed by atoms with Crippen molar-refractivity contribution in [1.82, 2.24) is 4.98 Å². The number of anilines is 1. The van der Waals surface area contributed by atoms with E-state index in [1.54, 1.807) is 0 Å². The minimum atomic E-state index is -3.18. The monoisotopic (exact) mass is 147 g/mol. The molecule has 0 aliphatic heterocycles. The van der Waals surface area contributed by atoms with Gasteiger partial charge in [0.05, 0.1) is 8.91 Å². The molecule has 0 saturated heterocycles. The average molecular weight is 147 g/mol. The van der Waals surface area contributed by atoms with Crippen LogP contribution in [0.5, 0.6) is 0 Å². The van der Waals surface area contributed by atoms with Crippen LogP contribution >= 0.6 is 0 Å². The Labute approximate surface area is 68.7 Å². The Morgan fingerprint density at radius 2 is 2.90 bits per heavy atom. The van der Waals surface area contributed by atoms with Crippen molar-refractivity contribution < 1.29 is 14.0 Å². The van der Waals surface area contributed by atoms with Gasteiger partial charge in [-0.25, -0.2) is 9.37 Å². The van der Waals surface area contributed by atoms with Crippen LogP contribution in [0.4, 0.5) is 10.2 Å². The molecule has 0 spiro atoms. The molecule has 0 aliphatic carbocycles. The third-order valence-corrected chi connectivity index (χ3v) is 0.872. The molecule has 0 aliphatic rings. The van der Waals surface area contributed by atoms with E-state index in [0.717, 1.165) is 0 Å². The molecule has 0 unspecified atom stereocenters. The second-order valence-corrected chi connectivity index (χ2v) is 1.55. The summed E-state index contributed by atoms with van der Waals surface area (Å²) in [5, 5.41) is 0. The molecule has 0 bridgehead atoms. The fourth-order valence-corrected chi connectivity index (χ4v) is 0.462. The van der Waals surface area contributed by atoms with Crippen molar-refractivity contribution in [1.29, 1.82) is 0 Å². The maximum atomic E-state index is 13.6. The highest BCUT2D eigenvalue weighted by molar-refractivity contribution is 5.32. The van der Waals surface area contributed by atoms with E-state index in [1.807, 2.05) is 0 Å². The lowest BCUT2D eigenvalue weighted by molar-refractivity contribution is 0.606. The molecule has 1 heterocycles. The van der Waals surface area contributed by atoms with Crippen LogP contribution in [0.25, 0.3) is 0 Å². The molecule has 0 radical (unpaired) electrons. The van der Waals surface area contributed by atoms with Crippen LogP contribution in [0.15, 0.2) is 12.2 Å². The number of nitrogens with zero attached hydrogens (tertiary/aromatic N) is 1. The van der Waals surface area contributed by atoms with Gasteiger partial charge in [0.25, 0.3) is 0 Å². The van der Waals surface area contributed by atoms with Gasteiger partial charge in [-0.15, -0.1) is 0 Å². The van der Waals surface area contributed by atoms with E-state index in [9.17, 15) is 4.39 Å². The van der Waals surface area contributed by atoms with Gasteiger partial charge in [-0.2, -0.15) is 0 Å². The molecule has 3 heteroatoms. The second kappa shape index (κ2) is 2.64. The molecule has 0 aromatic carbocycles. The summed E-state index contributed by atoms with van der Waals surface area (Å²) in [4.78, 5) is 3.16. The summed E-state index contributed by atoms with van der Waals surface area (Å²) in [5.41, 5.74) is 4.13. The standard InChI is InChI=1S/C7H9FN2/c1-2-5-3-7(9)10-4-6(5)8/h3-4H,2H2,1H3,(H2,9,10)/i1D3,2D2,3D,4D. The van der Waals surface area contributed by atoms with Gasteiger partial charge in [-0.05, 0) is 18.0 Å². The molecule has 2 nitrogen and oxygen atoms in total. The van der Waals surface area contributed by atoms with Crippen molar-refractivity contribution >= 4 is 5.82 Å². The third kappa shape index (κ3) is 1.23. The summed E-state index contributed by atoms with van der Waals surface area (Å²) in [6.45, 7) is -3.18. The van der Waals surface area contributed by atoms with Crippen molar-refractivity contribution in [2.24, 2.45) is 0 Å². The average Bonchev–Trinajstić information content (AvgIpc) is 2.13. The maximum Gasteiger partial charge on any atom is 0.144 e. The van der Waals surface area contributed by atoms with Gasteiger partial charge in [-0.3, -0.25) is 0 Å². The van der Waals surface area contributed by atoms with Crippen LogP contribution < -0.4 is 5.73 Å². The lowest BCUT2D eigenvalue weighted by Gasteiger charge is -1.98. The van der Waals surface area contributed by atoms with Crippen LogP contribution in [-0.4, -0.2) is 4.98 Å². The lowest BCUT2D eigenvalue weighted by Crippen LogP contribution is -1.94. The normalized spacial score (nSPS) is 22.7. The smallest absolute Gasteiger partial charge is 0.144 e. The fourth-order valence-electron chi connectivity index (χ4n) is 0.462. The highest BCUT2D eigenvalue weighted by atomic mass is 19.1. The zero-order valence-electron chi connectivity index (χ0n) is 11.9. The summed E-state index contributed by atoms with van der Waals surface area (Å²) in [7, 11) is 0. The number of hydrogen-bond donors (Lipinski definition) is 1. The van der Waals surface area contributed by atoms with E-state index in [2.05, 4.69) is 4.98 Å². The Kier molecular flexibility index (Phi) is 0.578. The second-order valence-electron chi connectivity index (χ2n) is 1.55. The van der Waals surface area contributed by atoms with Crippen molar-refractivity contribution in [3.63, 3.8) is 0 Å². The highest BCUT2D eigenvalue weighted by Crippen LogP contribution is 2.08. The molecular weight excluding hydrogens is 131 g/mol. The SMILES string of the molecule is [2H]c1nc(N)c([2H])c(C([2H])([2H])C([2H])([2H])[2H])c1F. The number of aromatic nitrogens is 1. The number of nitrogens with two attached hydrogens (primary N) is 1. The topological polar surface area (TPSA) is 38.9 Å². The van der Waals surface area contributed by atoms with Crippen LogP contribution in [0.1, 0.15) is 22.0 Å². The van der Waals surface area contributed by atoms with Crippen LogP contribution in [0.3, 0.4) is 0 Å². The molecule has 54 valence electrons. The molecule has 0 amide bonds. The summed E-state index contributed by atoms with van der Waals surface area (Å²) < 4.78 is 63.7. The molecule has 1 aromatic heterocycles. The molecule has 1 rings (SSSR count). The van der Waals surface area contributed by atoms with E-state index in [-0.39, 0.29) is 0 Å². The number of rotatable bonds is 1. The maximum absolute atomic E-state index is 13.6. The Hall–Kier alpha value is -1.12. The summed E-state index contributed by atoms with van der Waals surface area (Å²) in [5.74, 6) is -2.06. The highest BCUT2D eigenvalue weighted by Gasteiger charge is 1.98. The first-order valence-electron chi connectivity index (χ1n) is 5.92. The van der Waals surface area contributed by atoms with Crippen LogP contribution in [0.2, 0.25) is 0 Å². The van der Waals surface area contributed by atoms with Gasteiger partial charge in [-0.1, -0.05) is 6.85 Å². The molecule has 0 atom stereocenters. The minimum Gasteiger partial charge on any atom is -0.384 e. The van der Waals surface area contributed by atoms with Gasteiger partial charge in [0.15, 0.2) is 0 Å². The first-order valence-corrected chi connectivity index (χ1v) is 2.42. The van der Waals surface area contributed by atoms with Gasteiger partial charge in [0.1, 0.15) is 11.6 Å². The van der Waals surface area contributed by atoms with Crippen LogP contribution in [-0.2, 0) is 6.37 Å². The number of hydrogen-bond acceptors (Lipinski definition) is 2. The van der Waals surface area contributed by atoms with Crippen molar-refractivity contribution in [3.8, 4) is 0 Å².